The van der Waals surface area contributed by atoms with Crippen LogP contribution in [0, 0.1) is 6.92 Å². The Labute approximate surface area is 105 Å². The quantitative estimate of drug-likeness (QED) is 0.782. The molecule has 2 rings (SSSR count). The second-order valence-electron chi connectivity index (χ2n) is 3.70. The van der Waals surface area contributed by atoms with Gasteiger partial charge < -0.3 is 4.42 Å². The number of benzene rings is 1. The third-order valence-corrected chi connectivity index (χ3v) is 2.66. The highest BCUT2D eigenvalue weighted by atomic mass is 35.5. The summed E-state index contributed by atoms with van der Waals surface area (Å²) in [4.78, 5) is 1.95. The van der Waals surface area contributed by atoms with Crippen LogP contribution in [-0.2, 0) is 5.88 Å². The lowest BCUT2D eigenvalue weighted by Crippen LogP contribution is -2.16. The van der Waals surface area contributed by atoms with Crippen molar-refractivity contribution in [1.82, 2.24) is 10.2 Å². The molecule has 0 fully saturated rings. The van der Waals surface area contributed by atoms with Crippen molar-refractivity contribution in [3.63, 3.8) is 0 Å². The number of rotatable bonds is 4. The highest BCUT2D eigenvalue weighted by Gasteiger charge is 2.14. The summed E-state index contributed by atoms with van der Waals surface area (Å²) in [6.45, 7) is 4.84. The molecule has 0 saturated carbocycles. The van der Waals surface area contributed by atoms with Gasteiger partial charge in [0.05, 0.1) is 0 Å². The molecule has 0 aliphatic carbocycles. The maximum atomic E-state index is 5.64. The van der Waals surface area contributed by atoms with E-state index in [0.29, 0.717) is 11.9 Å². The minimum absolute atomic E-state index is 0.234. The molecule has 0 atom stereocenters. The van der Waals surface area contributed by atoms with Gasteiger partial charge in [-0.1, -0.05) is 17.2 Å². The number of anilines is 2. The van der Waals surface area contributed by atoms with E-state index in [1.54, 1.807) is 0 Å². The SMILES string of the molecule is CCN(c1cccc(C)c1)c1nnc(CCl)o1. The summed E-state index contributed by atoms with van der Waals surface area (Å²) in [5.41, 5.74) is 2.23. The van der Waals surface area contributed by atoms with E-state index in [2.05, 4.69) is 29.3 Å². The zero-order chi connectivity index (χ0) is 12.3. The van der Waals surface area contributed by atoms with Crippen molar-refractivity contribution in [2.45, 2.75) is 19.7 Å². The summed E-state index contributed by atoms with van der Waals surface area (Å²) < 4.78 is 5.45. The van der Waals surface area contributed by atoms with Gasteiger partial charge in [-0.25, -0.2) is 0 Å². The van der Waals surface area contributed by atoms with Gasteiger partial charge in [-0.3, -0.25) is 4.90 Å². The maximum Gasteiger partial charge on any atom is 0.322 e. The summed E-state index contributed by atoms with van der Waals surface area (Å²) in [5.74, 6) is 0.672. The summed E-state index contributed by atoms with van der Waals surface area (Å²) in [7, 11) is 0. The Bertz CT molecular complexity index is 498. The molecule has 5 heteroatoms. The van der Waals surface area contributed by atoms with Gasteiger partial charge in [0.15, 0.2) is 0 Å². The van der Waals surface area contributed by atoms with Gasteiger partial charge in [0.2, 0.25) is 5.89 Å². The number of hydrogen-bond acceptors (Lipinski definition) is 4. The van der Waals surface area contributed by atoms with Crippen molar-refractivity contribution >= 4 is 23.3 Å². The molecular formula is C12H14ClN3O. The van der Waals surface area contributed by atoms with Crippen LogP contribution in [0.25, 0.3) is 0 Å². The molecule has 1 aromatic heterocycles. The first kappa shape index (κ1) is 11.9. The molecule has 0 spiro atoms. The highest BCUT2D eigenvalue weighted by molar-refractivity contribution is 6.16. The topological polar surface area (TPSA) is 42.2 Å². The van der Waals surface area contributed by atoms with Crippen LogP contribution in [0.2, 0.25) is 0 Å². The molecule has 90 valence electrons. The number of hydrogen-bond donors (Lipinski definition) is 0. The van der Waals surface area contributed by atoms with Crippen LogP contribution in [0.4, 0.5) is 11.7 Å². The Balaban J connectivity index is 2.33. The largest absolute Gasteiger partial charge is 0.406 e. The van der Waals surface area contributed by atoms with E-state index in [1.807, 2.05) is 24.0 Å². The van der Waals surface area contributed by atoms with Crippen molar-refractivity contribution < 1.29 is 4.42 Å². The van der Waals surface area contributed by atoms with Crippen LogP contribution in [0.1, 0.15) is 18.4 Å². The number of halogens is 1. The lowest BCUT2D eigenvalue weighted by atomic mass is 10.2. The van der Waals surface area contributed by atoms with Crippen molar-refractivity contribution in [2.24, 2.45) is 0 Å². The minimum Gasteiger partial charge on any atom is -0.406 e. The highest BCUT2D eigenvalue weighted by Crippen LogP contribution is 2.24. The molecule has 0 radical (unpaired) electrons. The number of aromatic nitrogens is 2. The zero-order valence-corrected chi connectivity index (χ0v) is 10.6. The number of aryl methyl sites for hydroxylation is 1. The van der Waals surface area contributed by atoms with Gasteiger partial charge in [-0.05, 0) is 31.5 Å². The van der Waals surface area contributed by atoms with Crippen molar-refractivity contribution in [3.05, 3.63) is 35.7 Å². The minimum atomic E-state index is 0.234. The van der Waals surface area contributed by atoms with E-state index in [-0.39, 0.29) is 5.88 Å². The van der Waals surface area contributed by atoms with E-state index in [4.69, 9.17) is 16.0 Å². The normalized spacial score (nSPS) is 10.5. The summed E-state index contributed by atoms with van der Waals surface area (Å²) in [5, 5.41) is 7.85. The second-order valence-corrected chi connectivity index (χ2v) is 3.96. The summed E-state index contributed by atoms with van der Waals surface area (Å²) in [6.07, 6.45) is 0. The molecule has 1 heterocycles. The zero-order valence-electron chi connectivity index (χ0n) is 9.85. The van der Waals surface area contributed by atoms with Gasteiger partial charge >= 0.3 is 6.01 Å². The van der Waals surface area contributed by atoms with Crippen LogP contribution in [0.15, 0.2) is 28.7 Å². The molecule has 4 nitrogen and oxygen atoms in total. The van der Waals surface area contributed by atoms with E-state index in [9.17, 15) is 0 Å². The number of alkyl halides is 1. The third-order valence-electron chi connectivity index (χ3n) is 2.43. The van der Waals surface area contributed by atoms with E-state index in [1.165, 1.54) is 5.56 Å². The standard InChI is InChI=1S/C12H14ClN3O/c1-3-16(10-6-4-5-9(2)7-10)12-15-14-11(8-13)17-12/h4-7H,3,8H2,1-2H3. The lowest BCUT2D eigenvalue weighted by molar-refractivity contribution is 0.514. The van der Waals surface area contributed by atoms with Crippen LogP contribution < -0.4 is 4.90 Å². The van der Waals surface area contributed by atoms with Gasteiger partial charge in [0.1, 0.15) is 5.88 Å². The first-order valence-corrected chi connectivity index (χ1v) is 6.00. The molecule has 0 aliphatic rings. The average Bonchev–Trinajstić information content (AvgIpc) is 2.79. The maximum absolute atomic E-state index is 5.64. The fourth-order valence-corrected chi connectivity index (χ4v) is 1.74. The van der Waals surface area contributed by atoms with E-state index < -0.39 is 0 Å². The van der Waals surface area contributed by atoms with Crippen molar-refractivity contribution in [1.29, 1.82) is 0 Å². The second kappa shape index (κ2) is 5.19. The molecule has 1 aromatic carbocycles. The van der Waals surface area contributed by atoms with Crippen molar-refractivity contribution in [3.8, 4) is 0 Å². The fourth-order valence-electron chi connectivity index (χ4n) is 1.63. The Morgan fingerprint density at radius 3 is 2.76 bits per heavy atom. The Morgan fingerprint density at radius 1 is 1.35 bits per heavy atom. The first-order valence-electron chi connectivity index (χ1n) is 5.47. The van der Waals surface area contributed by atoms with Gasteiger partial charge in [0.25, 0.3) is 0 Å². The van der Waals surface area contributed by atoms with Crippen LogP contribution in [0.3, 0.4) is 0 Å². The van der Waals surface area contributed by atoms with Gasteiger partial charge in [-0.15, -0.1) is 16.7 Å². The number of nitrogens with zero attached hydrogens (tertiary/aromatic N) is 3. The Hall–Kier alpha value is -1.55. The molecular weight excluding hydrogens is 238 g/mol. The molecule has 17 heavy (non-hydrogen) atoms. The van der Waals surface area contributed by atoms with Crippen LogP contribution in [-0.4, -0.2) is 16.7 Å². The van der Waals surface area contributed by atoms with Gasteiger partial charge in [-0.2, -0.15) is 0 Å². The molecule has 0 N–H and O–H groups in total. The van der Waals surface area contributed by atoms with E-state index >= 15 is 0 Å². The first-order chi connectivity index (χ1) is 8.24. The smallest absolute Gasteiger partial charge is 0.322 e. The average molecular weight is 252 g/mol. The van der Waals surface area contributed by atoms with Crippen LogP contribution in [0.5, 0.6) is 0 Å². The molecule has 0 unspecified atom stereocenters. The van der Waals surface area contributed by atoms with E-state index in [0.717, 1.165) is 12.2 Å². The summed E-state index contributed by atoms with van der Waals surface area (Å²) >= 11 is 5.64. The lowest BCUT2D eigenvalue weighted by Gasteiger charge is -2.18. The predicted molar refractivity (Wildman–Crippen MR) is 67.7 cm³/mol. The third kappa shape index (κ3) is 2.58. The molecule has 0 amide bonds. The predicted octanol–water partition coefficient (Wildman–Crippen LogP) is 3.27. The monoisotopic (exact) mass is 251 g/mol. The molecule has 0 aliphatic heterocycles. The fraction of sp³-hybridized carbons (Fsp3) is 0.333. The molecule has 0 bridgehead atoms. The Morgan fingerprint density at radius 2 is 2.18 bits per heavy atom. The molecule has 2 aromatic rings. The molecule has 0 saturated heterocycles. The Kier molecular flexibility index (Phi) is 3.64. The van der Waals surface area contributed by atoms with Crippen molar-refractivity contribution in [2.75, 3.05) is 11.4 Å². The van der Waals surface area contributed by atoms with Gasteiger partial charge in [0, 0.05) is 12.2 Å². The van der Waals surface area contributed by atoms with Crippen LogP contribution >= 0.6 is 11.6 Å². The summed E-state index contributed by atoms with van der Waals surface area (Å²) in [6, 6.07) is 8.63.